The topological polar surface area (TPSA) is 87.7 Å². The maximum absolute atomic E-state index is 11.9. The van der Waals surface area contributed by atoms with Crippen LogP contribution in [0.25, 0.3) is 0 Å². The summed E-state index contributed by atoms with van der Waals surface area (Å²) in [5.74, 6) is -0.527. The van der Waals surface area contributed by atoms with E-state index in [0.717, 1.165) is 32.1 Å². The molecule has 0 aromatic heterocycles. The van der Waals surface area contributed by atoms with Gasteiger partial charge in [-0.15, -0.1) is 0 Å². The Hall–Kier alpha value is -1.30. The van der Waals surface area contributed by atoms with Crippen molar-refractivity contribution in [3.63, 3.8) is 0 Å². The van der Waals surface area contributed by atoms with Crippen LogP contribution >= 0.6 is 0 Å². The minimum Gasteiger partial charge on any atom is -0.481 e. The molecule has 2 saturated carbocycles. The van der Waals surface area contributed by atoms with Gasteiger partial charge in [0.05, 0.1) is 6.42 Å². The van der Waals surface area contributed by atoms with E-state index in [2.05, 4.69) is 10.6 Å². The first-order chi connectivity index (χ1) is 9.54. The van der Waals surface area contributed by atoms with Crippen LogP contribution in [0.4, 0.5) is 4.79 Å². The van der Waals surface area contributed by atoms with Crippen LogP contribution in [0, 0.1) is 11.3 Å². The largest absolute Gasteiger partial charge is 0.481 e. The fourth-order valence-corrected chi connectivity index (χ4v) is 2.52. The molecular weight excluding hydrogens is 260 g/mol. The van der Waals surface area contributed by atoms with E-state index >= 15 is 0 Å². The van der Waals surface area contributed by atoms with E-state index in [1.165, 1.54) is 0 Å². The maximum atomic E-state index is 11.9. The number of amides is 2. The molecule has 0 spiro atoms. The second kappa shape index (κ2) is 6.43. The molecule has 1 unspecified atom stereocenters. The zero-order valence-electron chi connectivity index (χ0n) is 12.0. The van der Waals surface area contributed by atoms with Gasteiger partial charge in [-0.05, 0) is 43.4 Å². The minimum atomic E-state index is -0.860. The quantitative estimate of drug-likeness (QED) is 0.596. The molecule has 0 aromatic carbocycles. The molecule has 2 rings (SSSR count). The molecule has 1 atom stereocenters. The van der Waals surface area contributed by atoms with Crippen molar-refractivity contribution in [2.45, 2.75) is 44.6 Å². The molecule has 3 N–H and O–H groups in total. The van der Waals surface area contributed by atoms with Gasteiger partial charge in [0.1, 0.15) is 0 Å². The zero-order valence-corrected chi connectivity index (χ0v) is 12.0. The number of ether oxygens (including phenoxy) is 1. The van der Waals surface area contributed by atoms with Gasteiger partial charge in [0.2, 0.25) is 0 Å². The lowest BCUT2D eigenvalue weighted by Gasteiger charge is -2.19. The molecule has 0 bridgehead atoms. The van der Waals surface area contributed by atoms with Crippen molar-refractivity contribution in [1.82, 2.24) is 10.6 Å². The summed E-state index contributed by atoms with van der Waals surface area (Å²) < 4.78 is 5.08. The van der Waals surface area contributed by atoms with Gasteiger partial charge in [-0.3, -0.25) is 4.79 Å². The van der Waals surface area contributed by atoms with E-state index < -0.39 is 5.97 Å². The van der Waals surface area contributed by atoms with Gasteiger partial charge >= 0.3 is 12.0 Å². The summed E-state index contributed by atoms with van der Waals surface area (Å²) in [5.41, 5.74) is 0.204. The summed E-state index contributed by atoms with van der Waals surface area (Å²) >= 11 is 0. The number of nitrogens with one attached hydrogen (secondary N) is 2. The van der Waals surface area contributed by atoms with Gasteiger partial charge in [-0.2, -0.15) is 0 Å². The lowest BCUT2D eigenvalue weighted by molar-refractivity contribution is -0.137. The van der Waals surface area contributed by atoms with Crippen LogP contribution in [0.5, 0.6) is 0 Å². The third kappa shape index (κ3) is 4.67. The molecule has 6 heteroatoms. The molecule has 2 aliphatic rings. The van der Waals surface area contributed by atoms with Crippen molar-refractivity contribution in [3.05, 3.63) is 0 Å². The summed E-state index contributed by atoms with van der Waals surface area (Å²) in [7, 11) is 1.68. The first-order valence-electron chi connectivity index (χ1n) is 7.30. The van der Waals surface area contributed by atoms with E-state index in [1.807, 2.05) is 0 Å². The number of carbonyl (C=O) groups excluding carboxylic acids is 1. The fourth-order valence-electron chi connectivity index (χ4n) is 2.52. The van der Waals surface area contributed by atoms with Crippen molar-refractivity contribution < 1.29 is 19.4 Å². The molecule has 0 heterocycles. The molecular formula is C14H24N2O4. The average molecular weight is 284 g/mol. The molecule has 114 valence electrons. The molecule has 0 aliphatic heterocycles. The number of rotatable bonds is 9. The van der Waals surface area contributed by atoms with Crippen LogP contribution < -0.4 is 10.6 Å². The number of methoxy groups -OCH3 is 1. The van der Waals surface area contributed by atoms with Crippen molar-refractivity contribution in [2.24, 2.45) is 11.3 Å². The van der Waals surface area contributed by atoms with Crippen LogP contribution in [0.3, 0.4) is 0 Å². The number of hydrogen-bond acceptors (Lipinski definition) is 3. The second-order valence-corrected chi connectivity index (χ2v) is 6.11. The molecule has 6 nitrogen and oxygen atoms in total. The normalized spacial score (nSPS) is 21.1. The highest BCUT2D eigenvalue weighted by Crippen LogP contribution is 2.48. The van der Waals surface area contributed by atoms with Gasteiger partial charge in [0, 0.05) is 26.3 Å². The van der Waals surface area contributed by atoms with E-state index in [-0.39, 0.29) is 23.9 Å². The number of aliphatic carboxylic acids is 1. The first-order valence-corrected chi connectivity index (χ1v) is 7.30. The van der Waals surface area contributed by atoms with Crippen LogP contribution in [0.2, 0.25) is 0 Å². The monoisotopic (exact) mass is 284 g/mol. The zero-order chi connectivity index (χ0) is 14.6. The predicted molar refractivity (Wildman–Crippen MR) is 73.5 cm³/mol. The predicted octanol–water partition coefficient (Wildman–Crippen LogP) is 1.36. The summed E-state index contributed by atoms with van der Waals surface area (Å²) in [6.07, 6.45) is 5.24. The third-order valence-electron chi connectivity index (χ3n) is 4.32. The number of carboxylic acid groups (broad SMARTS) is 1. The van der Waals surface area contributed by atoms with E-state index in [4.69, 9.17) is 9.84 Å². The lowest BCUT2D eigenvalue weighted by Crippen LogP contribution is -2.45. The smallest absolute Gasteiger partial charge is 0.315 e. The number of carboxylic acids is 1. The Labute approximate surface area is 119 Å². The molecule has 2 fully saturated rings. The Morgan fingerprint density at radius 2 is 2.10 bits per heavy atom. The van der Waals surface area contributed by atoms with Gasteiger partial charge in [-0.25, -0.2) is 4.79 Å². The molecule has 2 aliphatic carbocycles. The molecule has 2 amide bonds. The van der Waals surface area contributed by atoms with Crippen LogP contribution in [0.15, 0.2) is 0 Å². The standard InChI is InChI=1S/C14H24N2O4/c1-20-7-6-14(4-5-14)9-15-13(19)16-11(8-12(17)18)10-2-3-10/h10-11H,2-9H2,1H3,(H,17,18)(H2,15,16,19). The van der Waals surface area contributed by atoms with E-state index in [9.17, 15) is 9.59 Å². The van der Waals surface area contributed by atoms with Gasteiger partial charge in [-0.1, -0.05) is 0 Å². The number of hydrogen-bond donors (Lipinski definition) is 3. The number of carbonyl (C=O) groups is 2. The van der Waals surface area contributed by atoms with Gasteiger partial charge in [0.15, 0.2) is 0 Å². The molecule has 0 saturated heterocycles. The molecule has 0 radical (unpaired) electrons. The average Bonchev–Trinajstić information content (AvgIpc) is 3.27. The number of urea groups is 1. The van der Waals surface area contributed by atoms with Crippen LogP contribution in [0.1, 0.15) is 38.5 Å². The fraction of sp³-hybridized carbons (Fsp3) is 0.857. The minimum absolute atomic E-state index is 0.00685. The Bertz CT molecular complexity index is 364. The highest BCUT2D eigenvalue weighted by molar-refractivity contribution is 5.76. The maximum Gasteiger partial charge on any atom is 0.315 e. The van der Waals surface area contributed by atoms with E-state index in [1.54, 1.807) is 7.11 Å². The van der Waals surface area contributed by atoms with Crippen molar-refractivity contribution in [2.75, 3.05) is 20.3 Å². The van der Waals surface area contributed by atoms with Crippen molar-refractivity contribution >= 4 is 12.0 Å². The van der Waals surface area contributed by atoms with Gasteiger partial charge in [0.25, 0.3) is 0 Å². The van der Waals surface area contributed by atoms with Crippen molar-refractivity contribution in [1.29, 1.82) is 0 Å². The molecule has 20 heavy (non-hydrogen) atoms. The van der Waals surface area contributed by atoms with Gasteiger partial charge < -0.3 is 20.5 Å². The van der Waals surface area contributed by atoms with Crippen LogP contribution in [-0.2, 0) is 9.53 Å². The Morgan fingerprint density at radius 3 is 2.60 bits per heavy atom. The lowest BCUT2D eigenvalue weighted by atomic mass is 10.0. The van der Waals surface area contributed by atoms with Crippen molar-refractivity contribution in [3.8, 4) is 0 Å². The van der Waals surface area contributed by atoms with E-state index in [0.29, 0.717) is 19.1 Å². The highest BCUT2D eigenvalue weighted by atomic mass is 16.5. The summed E-state index contributed by atoms with van der Waals surface area (Å²) in [4.78, 5) is 22.7. The Balaban J connectivity index is 1.70. The highest BCUT2D eigenvalue weighted by Gasteiger charge is 2.42. The Morgan fingerprint density at radius 1 is 1.40 bits per heavy atom. The summed E-state index contributed by atoms with van der Waals surface area (Å²) in [6, 6.07) is -0.478. The SMILES string of the molecule is COCCC1(CNC(=O)NC(CC(=O)O)C2CC2)CC1. The second-order valence-electron chi connectivity index (χ2n) is 6.11. The Kier molecular flexibility index (Phi) is 4.86. The third-order valence-corrected chi connectivity index (χ3v) is 4.32. The molecule has 0 aromatic rings. The summed E-state index contributed by atoms with van der Waals surface area (Å²) in [5, 5.41) is 14.5. The summed E-state index contributed by atoms with van der Waals surface area (Å²) in [6.45, 7) is 1.36. The van der Waals surface area contributed by atoms with Crippen LogP contribution in [-0.4, -0.2) is 43.4 Å². The first kappa shape index (κ1) is 15.1.